The summed E-state index contributed by atoms with van der Waals surface area (Å²) in [5, 5.41) is 17.8. The van der Waals surface area contributed by atoms with E-state index in [1.165, 1.54) is 12.4 Å². The Morgan fingerprint density at radius 3 is 2.72 bits per heavy atom. The zero-order chi connectivity index (χ0) is 25.6. The van der Waals surface area contributed by atoms with Crippen LogP contribution in [0, 0.1) is 5.41 Å². The van der Waals surface area contributed by atoms with Gasteiger partial charge in [0.25, 0.3) is 5.56 Å². The Morgan fingerprint density at radius 2 is 2.03 bits per heavy atom. The van der Waals surface area contributed by atoms with E-state index in [4.69, 9.17) is 16.1 Å². The molecule has 3 aromatic heterocycles. The minimum absolute atomic E-state index is 0.174. The van der Waals surface area contributed by atoms with E-state index in [9.17, 15) is 14.7 Å². The molecule has 184 valence electrons. The molecule has 1 atom stereocenters. The van der Waals surface area contributed by atoms with Crippen LogP contribution in [0.3, 0.4) is 0 Å². The minimum Gasteiger partial charge on any atom is -0.398 e. The fourth-order valence-corrected chi connectivity index (χ4v) is 4.83. The van der Waals surface area contributed by atoms with Gasteiger partial charge in [0.05, 0.1) is 28.2 Å². The number of hydrogen-bond acceptors (Lipinski definition) is 8. The summed E-state index contributed by atoms with van der Waals surface area (Å²) in [5.74, 6) is 0. The molecule has 0 unspecified atom stereocenters. The number of hydrogen-bond donors (Lipinski definition) is 4. The van der Waals surface area contributed by atoms with Crippen molar-refractivity contribution < 1.29 is 5.11 Å². The number of likely N-dealkylation sites (tertiary alicyclic amines) is 1. The number of fused-ring (bicyclic) bond motifs is 3. The van der Waals surface area contributed by atoms with Crippen LogP contribution in [0.1, 0.15) is 31.4 Å². The van der Waals surface area contributed by atoms with Gasteiger partial charge in [-0.15, -0.1) is 0 Å². The van der Waals surface area contributed by atoms with Gasteiger partial charge in [0.15, 0.2) is 0 Å². The van der Waals surface area contributed by atoms with E-state index in [-0.39, 0.29) is 6.04 Å². The standard InChI is InChI=1S/C26H27N7O3/c1-14(15(2)34)32-9-7-18(8-10-32)33-24-19(25(35)31-26(33)36)13-29-22-6-5-21(30-23(22)24)16-3-4-20(28)17(11-16)12-27/h3-6,11-13,15,18,27,34H,1,7-10,28H2,2H3,(H,31,35,36)/t15-/m1/s1. The molecule has 0 amide bonds. The van der Waals surface area contributed by atoms with Crippen LogP contribution in [0.5, 0.6) is 0 Å². The van der Waals surface area contributed by atoms with E-state index >= 15 is 0 Å². The number of aromatic amines is 1. The van der Waals surface area contributed by atoms with Crippen molar-refractivity contribution in [3.05, 3.63) is 75.2 Å². The normalized spacial score (nSPS) is 15.3. The van der Waals surface area contributed by atoms with Gasteiger partial charge in [0.2, 0.25) is 0 Å². The molecule has 0 spiro atoms. The lowest BCUT2D eigenvalue weighted by molar-refractivity contribution is 0.151. The second kappa shape index (κ2) is 9.04. The van der Waals surface area contributed by atoms with Gasteiger partial charge >= 0.3 is 5.69 Å². The molecule has 0 saturated carbocycles. The molecule has 0 radical (unpaired) electrons. The topological polar surface area (TPSA) is 154 Å². The molecule has 1 aliphatic heterocycles. The summed E-state index contributed by atoms with van der Waals surface area (Å²) in [5.41, 5.74) is 9.50. The van der Waals surface area contributed by atoms with Crippen LogP contribution in [0.15, 0.2) is 58.4 Å². The first-order valence-corrected chi connectivity index (χ1v) is 11.7. The molecular weight excluding hydrogens is 458 g/mol. The fraction of sp³-hybridized carbons (Fsp3) is 0.269. The quantitative estimate of drug-likeness (QED) is 0.192. The van der Waals surface area contributed by atoms with Crippen molar-refractivity contribution in [2.45, 2.75) is 31.9 Å². The summed E-state index contributed by atoms with van der Waals surface area (Å²) < 4.78 is 1.63. The molecule has 5 rings (SSSR count). The third-order valence-corrected chi connectivity index (χ3v) is 6.87. The maximum absolute atomic E-state index is 13.1. The highest BCUT2D eigenvalue weighted by atomic mass is 16.3. The largest absolute Gasteiger partial charge is 0.398 e. The van der Waals surface area contributed by atoms with Crippen molar-refractivity contribution in [2.75, 3.05) is 18.8 Å². The summed E-state index contributed by atoms with van der Waals surface area (Å²) in [6, 6.07) is 8.77. The molecule has 1 aromatic carbocycles. The number of nitrogens with zero attached hydrogens (tertiary/aromatic N) is 4. The number of nitrogens with two attached hydrogens (primary N) is 1. The summed E-state index contributed by atoms with van der Waals surface area (Å²) in [7, 11) is 0. The van der Waals surface area contributed by atoms with Gasteiger partial charge < -0.3 is 21.1 Å². The smallest absolute Gasteiger partial charge is 0.329 e. The number of piperidine rings is 1. The Balaban J connectivity index is 1.67. The molecule has 1 aliphatic rings. The molecule has 1 saturated heterocycles. The molecule has 0 aliphatic carbocycles. The average molecular weight is 486 g/mol. The van der Waals surface area contributed by atoms with Gasteiger partial charge in [-0.2, -0.15) is 0 Å². The molecule has 10 nitrogen and oxygen atoms in total. The highest BCUT2D eigenvalue weighted by Crippen LogP contribution is 2.30. The van der Waals surface area contributed by atoms with E-state index in [1.807, 2.05) is 23.1 Å². The van der Waals surface area contributed by atoms with E-state index in [2.05, 4.69) is 16.5 Å². The van der Waals surface area contributed by atoms with Gasteiger partial charge in [-0.3, -0.25) is 19.3 Å². The first-order valence-electron chi connectivity index (χ1n) is 11.7. The number of pyridine rings is 2. The molecular formula is C26H27N7O3. The van der Waals surface area contributed by atoms with Gasteiger partial charge in [0.1, 0.15) is 5.52 Å². The highest BCUT2D eigenvalue weighted by Gasteiger charge is 2.26. The van der Waals surface area contributed by atoms with Crippen molar-refractivity contribution in [3.63, 3.8) is 0 Å². The van der Waals surface area contributed by atoms with Gasteiger partial charge in [-0.25, -0.2) is 9.78 Å². The van der Waals surface area contributed by atoms with E-state index in [1.54, 1.807) is 23.6 Å². The number of nitrogens with one attached hydrogen (secondary N) is 2. The van der Waals surface area contributed by atoms with Crippen molar-refractivity contribution in [1.82, 2.24) is 24.4 Å². The lowest BCUT2D eigenvalue weighted by Crippen LogP contribution is -2.40. The zero-order valence-electron chi connectivity index (χ0n) is 19.9. The summed E-state index contributed by atoms with van der Waals surface area (Å²) >= 11 is 0. The summed E-state index contributed by atoms with van der Waals surface area (Å²) in [4.78, 5) is 39.6. The zero-order valence-corrected chi connectivity index (χ0v) is 19.9. The maximum atomic E-state index is 13.1. The lowest BCUT2D eigenvalue weighted by Gasteiger charge is -2.36. The number of aromatic nitrogens is 4. The molecule has 10 heteroatoms. The molecule has 4 aromatic rings. The number of nitrogen functional groups attached to an aromatic ring is 1. The fourth-order valence-electron chi connectivity index (χ4n) is 4.83. The SMILES string of the molecule is C=C([C@@H](C)O)N1CCC(n2c(=O)[nH]c(=O)c3cnc4ccc(-c5ccc(N)c(C=N)c5)nc4c32)CC1. The van der Waals surface area contributed by atoms with E-state index in [0.717, 1.165) is 5.56 Å². The maximum Gasteiger partial charge on any atom is 0.329 e. The summed E-state index contributed by atoms with van der Waals surface area (Å²) in [6.45, 7) is 6.91. The van der Waals surface area contributed by atoms with Crippen LogP contribution < -0.4 is 17.0 Å². The molecule has 4 heterocycles. The van der Waals surface area contributed by atoms with Crippen molar-refractivity contribution in [3.8, 4) is 11.3 Å². The molecule has 1 fully saturated rings. The number of anilines is 1. The van der Waals surface area contributed by atoms with E-state index in [0.29, 0.717) is 70.5 Å². The second-order valence-corrected chi connectivity index (χ2v) is 9.09. The lowest BCUT2D eigenvalue weighted by atomic mass is 10.0. The third-order valence-electron chi connectivity index (χ3n) is 6.87. The molecule has 0 bridgehead atoms. The predicted octanol–water partition coefficient (Wildman–Crippen LogP) is 2.41. The number of benzene rings is 1. The Bertz CT molecular complexity index is 1630. The third kappa shape index (κ3) is 3.95. The van der Waals surface area contributed by atoms with Crippen LogP contribution >= 0.6 is 0 Å². The number of aliphatic hydroxyl groups is 1. The highest BCUT2D eigenvalue weighted by molar-refractivity contribution is 6.01. The van der Waals surface area contributed by atoms with Crippen LogP contribution in [-0.4, -0.2) is 54.9 Å². The summed E-state index contributed by atoms with van der Waals surface area (Å²) in [6.07, 6.45) is 3.30. The Hall–Kier alpha value is -4.31. The predicted molar refractivity (Wildman–Crippen MR) is 140 cm³/mol. The Kier molecular flexibility index (Phi) is 5.89. The van der Waals surface area contributed by atoms with Crippen molar-refractivity contribution >= 4 is 33.8 Å². The monoisotopic (exact) mass is 485 g/mol. The van der Waals surface area contributed by atoms with Gasteiger partial charge in [0, 0.05) is 54.1 Å². The van der Waals surface area contributed by atoms with Crippen molar-refractivity contribution in [2.24, 2.45) is 0 Å². The molecule has 5 N–H and O–H groups in total. The molecule has 36 heavy (non-hydrogen) atoms. The first kappa shape index (κ1) is 23.4. The average Bonchev–Trinajstić information content (AvgIpc) is 2.88. The van der Waals surface area contributed by atoms with Crippen LogP contribution in [0.2, 0.25) is 0 Å². The van der Waals surface area contributed by atoms with Gasteiger partial charge in [-0.1, -0.05) is 12.6 Å². The van der Waals surface area contributed by atoms with Crippen molar-refractivity contribution in [1.29, 1.82) is 5.41 Å². The minimum atomic E-state index is -0.641. The van der Waals surface area contributed by atoms with Gasteiger partial charge in [-0.05, 0) is 44.0 Å². The second-order valence-electron chi connectivity index (χ2n) is 9.09. The first-order chi connectivity index (χ1) is 17.3. The Morgan fingerprint density at radius 1 is 1.28 bits per heavy atom. The van der Waals surface area contributed by atoms with Crippen LogP contribution in [0.4, 0.5) is 5.69 Å². The number of aliphatic hydroxyl groups excluding tert-OH is 1. The Labute approximate surface area is 206 Å². The van der Waals surface area contributed by atoms with Crippen LogP contribution in [-0.2, 0) is 0 Å². The number of rotatable bonds is 5. The van der Waals surface area contributed by atoms with E-state index < -0.39 is 17.4 Å². The van der Waals surface area contributed by atoms with Crippen LogP contribution in [0.25, 0.3) is 33.2 Å². The number of H-pyrrole nitrogens is 1.